The Morgan fingerprint density at radius 1 is 0.938 bits per heavy atom. The Hall–Kier alpha value is -3.62. The van der Waals surface area contributed by atoms with Crippen molar-refractivity contribution in [3.8, 4) is 11.3 Å². The van der Waals surface area contributed by atoms with Gasteiger partial charge in [-0.2, -0.15) is 13.2 Å². The molecule has 2 heterocycles. The largest absolute Gasteiger partial charge is 0.416 e. The van der Waals surface area contributed by atoms with Crippen molar-refractivity contribution in [2.45, 2.75) is 12.7 Å². The summed E-state index contributed by atoms with van der Waals surface area (Å²) in [5.41, 5.74) is 0.806. The maximum Gasteiger partial charge on any atom is 0.416 e. The van der Waals surface area contributed by atoms with Gasteiger partial charge in [0.05, 0.1) is 17.6 Å². The van der Waals surface area contributed by atoms with Crippen LogP contribution in [0.3, 0.4) is 0 Å². The van der Waals surface area contributed by atoms with Crippen LogP contribution in [0.15, 0.2) is 71.8 Å². The number of halogens is 3. The third kappa shape index (κ3) is 4.82. The van der Waals surface area contributed by atoms with Crippen LogP contribution in [-0.4, -0.2) is 46.5 Å². The van der Waals surface area contributed by atoms with Crippen LogP contribution in [0.4, 0.5) is 18.9 Å². The zero-order valence-electron chi connectivity index (χ0n) is 17.1. The van der Waals surface area contributed by atoms with Crippen molar-refractivity contribution < 1.29 is 18.0 Å². The minimum Gasteiger partial charge on any atom is -0.368 e. The Morgan fingerprint density at radius 2 is 1.66 bits per heavy atom. The number of carbonyl (C=O) groups is 1. The highest BCUT2D eigenvalue weighted by molar-refractivity contribution is 5.76. The van der Waals surface area contributed by atoms with Gasteiger partial charge in [0.2, 0.25) is 5.91 Å². The standard InChI is InChI=1S/C23H21F3N4O2/c24-23(25,26)18-7-4-8-19(13-18)28-9-11-29(12-10-28)22(32)15-30-16-27-20(14-21(30)31)17-5-2-1-3-6-17/h1-8,13-14,16H,9-12,15H2. The monoisotopic (exact) mass is 442 g/mol. The third-order valence-electron chi connectivity index (χ3n) is 5.43. The summed E-state index contributed by atoms with van der Waals surface area (Å²) in [6, 6.07) is 15.8. The zero-order valence-corrected chi connectivity index (χ0v) is 17.1. The molecule has 0 aliphatic carbocycles. The molecule has 2 aromatic carbocycles. The lowest BCUT2D eigenvalue weighted by Crippen LogP contribution is -2.50. The van der Waals surface area contributed by atoms with Crippen LogP contribution < -0.4 is 10.5 Å². The van der Waals surface area contributed by atoms with E-state index < -0.39 is 11.7 Å². The van der Waals surface area contributed by atoms with Crippen LogP contribution in [0.25, 0.3) is 11.3 Å². The summed E-state index contributed by atoms with van der Waals surface area (Å²) in [5.74, 6) is -0.231. The van der Waals surface area contributed by atoms with Gasteiger partial charge in [-0.15, -0.1) is 0 Å². The average molecular weight is 442 g/mol. The topological polar surface area (TPSA) is 58.4 Å². The molecule has 1 aliphatic rings. The number of aromatic nitrogens is 2. The van der Waals surface area contributed by atoms with E-state index in [0.29, 0.717) is 37.6 Å². The van der Waals surface area contributed by atoms with Crippen LogP contribution in [0.5, 0.6) is 0 Å². The summed E-state index contributed by atoms with van der Waals surface area (Å²) in [7, 11) is 0. The number of hydrogen-bond donors (Lipinski definition) is 0. The third-order valence-corrected chi connectivity index (χ3v) is 5.43. The molecular formula is C23H21F3N4O2. The summed E-state index contributed by atoms with van der Waals surface area (Å²) in [6.07, 6.45) is -3.04. The number of benzene rings is 2. The van der Waals surface area contributed by atoms with Crippen LogP contribution in [-0.2, 0) is 17.5 Å². The summed E-state index contributed by atoms with van der Waals surface area (Å²) in [4.78, 5) is 32.8. The van der Waals surface area contributed by atoms with E-state index in [2.05, 4.69) is 4.98 Å². The predicted molar refractivity (Wildman–Crippen MR) is 114 cm³/mol. The molecule has 1 fully saturated rings. The van der Waals surface area contributed by atoms with Gasteiger partial charge in [0.15, 0.2) is 0 Å². The number of nitrogens with zero attached hydrogens (tertiary/aromatic N) is 4. The highest BCUT2D eigenvalue weighted by Gasteiger charge is 2.31. The number of rotatable bonds is 4. The molecule has 0 radical (unpaired) electrons. The fourth-order valence-corrected chi connectivity index (χ4v) is 3.65. The summed E-state index contributed by atoms with van der Waals surface area (Å²) >= 11 is 0. The normalized spacial score (nSPS) is 14.5. The number of carbonyl (C=O) groups excluding carboxylic acids is 1. The smallest absolute Gasteiger partial charge is 0.368 e. The molecule has 0 saturated carbocycles. The van der Waals surface area contributed by atoms with Crippen LogP contribution in [0.2, 0.25) is 0 Å². The van der Waals surface area contributed by atoms with Crippen molar-refractivity contribution in [1.82, 2.24) is 14.5 Å². The minimum atomic E-state index is -4.40. The van der Waals surface area contributed by atoms with E-state index >= 15 is 0 Å². The number of hydrogen-bond acceptors (Lipinski definition) is 4. The lowest BCUT2D eigenvalue weighted by Gasteiger charge is -2.36. The molecule has 1 aromatic heterocycles. The van der Waals surface area contributed by atoms with Gasteiger partial charge in [-0.1, -0.05) is 36.4 Å². The SMILES string of the molecule is O=C(Cn1cnc(-c2ccccc2)cc1=O)N1CCN(c2cccc(C(F)(F)F)c2)CC1. The van der Waals surface area contributed by atoms with E-state index in [1.165, 1.54) is 23.0 Å². The molecule has 6 nitrogen and oxygen atoms in total. The molecule has 0 bridgehead atoms. The van der Waals surface area contributed by atoms with Crippen molar-refractivity contribution in [2.75, 3.05) is 31.1 Å². The van der Waals surface area contributed by atoms with E-state index in [0.717, 1.165) is 17.7 Å². The highest BCUT2D eigenvalue weighted by Crippen LogP contribution is 2.31. The van der Waals surface area contributed by atoms with Crippen molar-refractivity contribution in [3.05, 3.63) is 82.9 Å². The van der Waals surface area contributed by atoms with Gasteiger partial charge in [-0.25, -0.2) is 4.98 Å². The Morgan fingerprint density at radius 3 is 2.31 bits per heavy atom. The lowest BCUT2D eigenvalue weighted by atomic mass is 10.1. The molecule has 3 aromatic rings. The molecule has 32 heavy (non-hydrogen) atoms. The summed E-state index contributed by atoms with van der Waals surface area (Å²) in [5, 5.41) is 0. The van der Waals surface area contributed by atoms with Gasteiger partial charge in [0.1, 0.15) is 6.54 Å². The average Bonchev–Trinajstić information content (AvgIpc) is 2.80. The Bertz CT molecular complexity index is 1150. The number of anilines is 1. The molecule has 4 rings (SSSR count). The van der Waals surface area contributed by atoms with Gasteiger partial charge >= 0.3 is 6.18 Å². The Balaban J connectivity index is 1.38. The molecule has 0 N–H and O–H groups in total. The number of amides is 1. The molecule has 1 aliphatic heterocycles. The maximum absolute atomic E-state index is 13.0. The highest BCUT2D eigenvalue weighted by atomic mass is 19.4. The first-order chi connectivity index (χ1) is 15.3. The second kappa shape index (κ2) is 8.86. The molecular weight excluding hydrogens is 421 g/mol. The Kier molecular flexibility index (Phi) is 5.98. The predicted octanol–water partition coefficient (Wildman–Crippen LogP) is 3.28. The van der Waals surface area contributed by atoms with E-state index in [-0.39, 0.29) is 18.0 Å². The number of piperazine rings is 1. The first kappa shape index (κ1) is 21.6. The van der Waals surface area contributed by atoms with Gasteiger partial charge in [-0.05, 0) is 18.2 Å². The second-order valence-electron chi connectivity index (χ2n) is 7.52. The van der Waals surface area contributed by atoms with Crippen molar-refractivity contribution in [1.29, 1.82) is 0 Å². The van der Waals surface area contributed by atoms with Crippen LogP contribution in [0, 0.1) is 0 Å². The lowest BCUT2D eigenvalue weighted by molar-refractivity contribution is -0.137. The van der Waals surface area contributed by atoms with Gasteiger partial charge in [0, 0.05) is 43.5 Å². The molecule has 0 unspecified atom stereocenters. The van der Waals surface area contributed by atoms with Crippen LogP contribution in [0.1, 0.15) is 5.56 Å². The molecule has 166 valence electrons. The molecule has 0 spiro atoms. The van der Waals surface area contributed by atoms with E-state index in [4.69, 9.17) is 0 Å². The van der Waals surface area contributed by atoms with Gasteiger partial charge in [-0.3, -0.25) is 14.2 Å². The molecule has 1 saturated heterocycles. The van der Waals surface area contributed by atoms with E-state index in [9.17, 15) is 22.8 Å². The minimum absolute atomic E-state index is 0.134. The molecule has 0 atom stereocenters. The van der Waals surface area contributed by atoms with Gasteiger partial charge in [0.25, 0.3) is 5.56 Å². The fourth-order valence-electron chi connectivity index (χ4n) is 3.65. The van der Waals surface area contributed by atoms with Crippen molar-refractivity contribution >= 4 is 11.6 Å². The molecule has 1 amide bonds. The van der Waals surface area contributed by atoms with E-state index in [1.807, 2.05) is 35.2 Å². The van der Waals surface area contributed by atoms with E-state index in [1.54, 1.807) is 11.0 Å². The quantitative estimate of drug-likeness (QED) is 0.622. The van der Waals surface area contributed by atoms with Crippen LogP contribution >= 0.6 is 0 Å². The zero-order chi connectivity index (χ0) is 22.7. The van der Waals surface area contributed by atoms with Crippen molar-refractivity contribution in [3.63, 3.8) is 0 Å². The Labute approximate surface area is 182 Å². The maximum atomic E-state index is 13.0. The first-order valence-electron chi connectivity index (χ1n) is 10.1. The molecule has 9 heteroatoms. The fraction of sp³-hybridized carbons (Fsp3) is 0.261. The summed E-state index contributed by atoms with van der Waals surface area (Å²) < 4.78 is 40.1. The van der Waals surface area contributed by atoms with Gasteiger partial charge < -0.3 is 9.80 Å². The second-order valence-corrected chi connectivity index (χ2v) is 7.52. The first-order valence-corrected chi connectivity index (χ1v) is 10.1. The summed E-state index contributed by atoms with van der Waals surface area (Å²) in [6.45, 7) is 1.41. The number of alkyl halides is 3. The van der Waals surface area contributed by atoms with Crippen molar-refractivity contribution in [2.24, 2.45) is 0 Å².